The second-order valence-corrected chi connectivity index (χ2v) is 11.1. The van der Waals surface area contributed by atoms with Crippen LogP contribution in [0.4, 0.5) is 0 Å². The van der Waals surface area contributed by atoms with E-state index in [1.807, 2.05) is 6.92 Å². The van der Waals surface area contributed by atoms with E-state index in [1.165, 1.54) is 30.6 Å². The second kappa shape index (κ2) is 8.60. The summed E-state index contributed by atoms with van der Waals surface area (Å²) in [5.41, 5.74) is 0.348. The summed E-state index contributed by atoms with van der Waals surface area (Å²) in [6.45, 7) is 8.70. The fourth-order valence-corrected chi connectivity index (χ4v) is 6.92. The average Bonchev–Trinajstić information content (AvgIpc) is 2.74. The molecule has 2 saturated carbocycles. The normalized spacial score (nSPS) is 30.2. The van der Waals surface area contributed by atoms with Crippen molar-refractivity contribution in [2.45, 2.75) is 59.4 Å². The molecule has 0 radical (unpaired) electrons. The number of nitrogens with one attached hydrogen (secondary N) is 1. The lowest BCUT2D eigenvalue weighted by Crippen LogP contribution is -2.60. The highest BCUT2D eigenvalue weighted by Gasteiger charge is 2.58. The maximum absolute atomic E-state index is 14.0. The lowest BCUT2D eigenvalue weighted by molar-refractivity contribution is -0.904. The zero-order chi connectivity index (χ0) is 24.8. The molecular weight excluding hydrogens is 432 g/mol. The molecule has 0 bridgehead atoms. The number of nitrogens with zero attached hydrogens (tertiary/aromatic N) is 1. The van der Waals surface area contributed by atoms with Gasteiger partial charge in [-0.05, 0) is 60.1 Å². The van der Waals surface area contributed by atoms with Crippen molar-refractivity contribution >= 4 is 11.7 Å². The number of amides is 1. The third-order valence-corrected chi connectivity index (χ3v) is 8.47. The van der Waals surface area contributed by atoms with E-state index in [0.717, 1.165) is 30.4 Å². The number of carbonyl (C=O) groups excluding carboxylic acids is 2. The minimum atomic E-state index is -0.393. The fraction of sp³-hybridized carbons (Fsp3) is 0.519. The second-order valence-electron chi connectivity index (χ2n) is 11.1. The van der Waals surface area contributed by atoms with Crippen LogP contribution < -0.4 is 10.0 Å². The van der Waals surface area contributed by atoms with Gasteiger partial charge in [-0.2, -0.15) is 0 Å². The molecule has 2 fully saturated rings. The third-order valence-electron chi connectivity index (χ3n) is 8.47. The van der Waals surface area contributed by atoms with Crippen LogP contribution in [0.3, 0.4) is 0 Å². The van der Waals surface area contributed by atoms with Crippen LogP contribution in [0.2, 0.25) is 0 Å². The Morgan fingerprint density at radius 3 is 2.38 bits per heavy atom. The molecule has 7 nitrogen and oxygen atoms in total. The molecule has 4 N–H and O–H groups in total. The molecule has 0 saturated heterocycles. The van der Waals surface area contributed by atoms with Gasteiger partial charge < -0.3 is 15.5 Å². The van der Waals surface area contributed by atoms with Crippen LogP contribution in [0, 0.1) is 28.6 Å². The first kappa shape index (κ1) is 24.0. The number of rotatable bonds is 4. The Balaban J connectivity index is 1.73. The summed E-state index contributed by atoms with van der Waals surface area (Å²) in [5, 5.41) is 32.9. The van der Waals surface area contributed by atoms with Crippen molar-refractivity contribution in [2.24, 2.45) is 28.6 Å². The maximum atomic E-state index is 14.0. The number of fused-ring (bicyclic) bond motifs is 1. The van der Waals surface area contributed by atoms with Gasteiger partial charge >= 0.3 is 0 Å². The van der Waals surface area contributed by atoms with Crippen molar-refractivity contribution < 1.29 is 29.7 Å². The lowest BCUT2D eigenvalue weighted by Gasteiger charge is -2.60. The molecule has 1 aromatic carbocycles. The number of ketones is 1. The Labute approximate surface area is 200 Å². The fourth-order valence-electron chi connectivity index (χ4n) is 6.92. The highest BCUT2D eigenvalue weighted by atomic mass is 16.5. The minimum Gasteiger partial charge on any atom is -0.508 e. The van der Waals surface area contributed by atoms with Crippen LogP contribution >= 0.6 is 0 Å². The number of aromatic hydroxyl groups is 2. The van der Waals surface area contributed by atoms with Gasteiger partial charge in [0.15, 0.2) is 5.78 Å². The van der Waals surface area contributed by atoms with E-state index in [-0.39, 0.29) is 57.5 Å². The van der Waals surface area contributed by atoms with Crippen molar-refractivity contribution in [3.63, 3.8) is 0 Å². The van der Waals surface area contributed by atoms with Crippen molar-refractivity contribution in [3.05, 3.63) is 53.9 Å². The number of hydrogen-bond donors (Lipinski definition) is 4. The highest BCUT2D eigenvalue weighted by Crippen LogP contribution is 2.61. The van der Waals surface area contributed by atoms with E-state index < -0.39 is 5.92 Å². The van der Waals surface area contributed by atoms with Gasteiger partial charge in [0.25, 0.3) is 5.91 Å². The van der Waals surface area contributed by atoms with Gasteiger partial charge in [-0.3, -0.25) is 14.8 Å². The first-order valence-electron chi connectivity index (χ1n) is 12.0. The zero-order valence-electron chi connectivity index (χ0n) is 20.3. The molecule has 4 rings (SSSR count). The van der Waals surface area contributed by atoms with Crippen LogP contribution in [0.15, 0.2) is 42.7 Å². The maximum Gasteiger partial charge on any atom is 0.257 e. The predicted molar refractivity (Wildman–Crippen MR) is 126 cm³/mol. The van der Waals surface area contributed by atoms with E-state index in [0.29, 0.717) is 5.56 Å². The van der Waals surface area contributed by atoms with Crippen LogP contribution in [-0.2, 0) is 0 Å². The molecule has 0 unspecified atom stereocenters. The first-order valence-corrected chi connectivity index (χ1v) is 12.0. The molecule has 182 valence electrons. The number of phenolic OH excluding ortho intramolecular Hbond substituents is 2. The number of pyridine rings is 1. The smallest absolute Gasteiger partial charge is 0.257 e. The molecule has 7 heteroatoms. The third kappa shape index (κ3) is 4.24. The summed E-state index contributed by atoms with van der Waals surface area (Å²) in [7, 11) is 0. The van der Waals surface area contributed by atoms with Gasteiger partial charge in [0.05, 0.1) is 0 Å². The molecule has 2 aliphatic rings. The summed E-state index contributed by atoms with van der Waals surface area (Å²) in [6.07, 6.45) is 6.55. The number of benzene rings is 1. The number of carbonyl (C=O) groups is 2. The van der Waals surface area contributed by atoms with Gasteiger partial charge in [-0.25, -0.2) is 0 Å². The van der Waals surface area contributed by atoms with Crippen molar-refractivity contribution in [3.8, 4) is 11.5 Å². The number of phenols is 2. The first-order chi connectivity index (χ1) is 15.9. The van der Waals surface area contributed by atoms with E-state index in [2.05, 4.69) is 26.1 Å². The number of Topliss-reactive ketones (excluding diaryl/α,β-unsaturated/α-hetero) is 1. The largest absolute Gasteiger partial charge is 0.508 e. The van der Waals surface area contributed by atoms with E-state index in [9.17, 15) is 25.0 Å². The highest BCUT2D eigenvalue weighted by molar-refractivity contribution is 5.99. The van der Waals surface area contributed by atoms with Crippen LogP contribution in [-0.4, -0.2) is 33.2 Å². The van der Waals surface area contributed by atoms with Crippen LogP contribution in [0.5, 0.6) is 11.5 Å². The van der Waals surface area contributed by atoms with Crippen molar-refractivity contribution in [1.29, 1.82) is 0 Å². The Bertz CT molecular complexity index is 1090. The zero-order valence-corrected chi connectivity index (χ0v) is 20.3. The van der Waals surface area contributed by atoms with Gasteiger partial charge in [-0.1, -0.05) is 34.1 Å². The van der Waals surface area contributed by atoms with Gasteiger partial charge in [-0.15, -0.1) is 0 Å². The summed E-state index contributed by atoms with van der Waals surface area (Å²) in [6, 6.07) is 7.03. The minimum absolute atomic E-state index is 0.00349. The Kier molecular flexibility index (Phi) is 6.08. The molecule has 5 atom stereocenters. The molecule has 1 aromatic heterocycles. The van der Waals surface area contributed by atoms with Crippen LogP contribution in [0.25, 0.3) is 0 Å². The average molecular weight is 468 g/mol. The number of aromatic nitrogens is 1. The molecule has 1 heterocycles. The molecule has 34 heavy (non-hydrogen) atoms. The Hall–Kier alpha value is -3.09. The SMILES string of the molecule is C[C@@H]1[C@H](NC(=O)c2ccc[n+](O)c2)C[C@H]2C(C)(C)CCC[C@]2(C)[C@H]1C(=O)c1cc(O)cc(O)c1. The Morgan fingerprint density at radius 2 is 1.74 bits per heavy atom. The number of hydrogen-bond acceptors (Lipinski definition) is 5. The van der Waals surface area contributed by atoms with E-state index in [4.69, 9.17) is 0 Å². The van der Waals surface area contributed by atoms with E-state index >= 15 is 0 Å². The molecule has 0 aliphatic heterocycles. The van der Waals surface area contributed by atoms with Gasteiger partial charge in [0, 0.05) is 34.4 Å². The van der Waals surface area contributed by atoms with E-state index in [1.54, 1.807) is 12.1 Å². The standard InChI is InChI=1S/C27H34N2O5/c1-16-21(28-25(33)17-7-5-10-29(34)15-17)14-22-26(2,3)8-6-9-27(22,4)23(16)24(32)18-11-19(30)13-20(31)12-18/h5,7,10-13,15-16,21-23H,6,8-9,14H2,1-4H3,(H3-,28,30,31,33,34)/p+1/t16-,21-,22+,23-,27+/m1/s1. The predicted octanol–water partition coefficient (Wildman–Crippen LogP) is 4.09. The van der Waals surface area contributed by atoms with Crippen molar-refractivity contribution in [2.75, 3.05) is 0 Å². The Morgan fingerprint density at radius 1 is 1.06 bits per heavy atom. The summed E-state index contributed by atoms with van der Waals surface area (Å²) in [4.78, 5) is 27.0. The van der Waals surface area contributed by atoms with Crippen LogP contribution in [0.1, 0.15) is 74.1 Å². The quantitative estimate of drug-likeness (QED) is 0.307. The molecule has 0 spiro atoms. The lowest BCUT2D eigenvalue weighted by atomic mass is 9.45. The summed E-state index contributed by atoms with van der Waals surface area (Å²) >= 11 is 0. The molecule has 1 amide bonds. The monoisotopic (exact) mass is 467 g/mol. The van der Waals surface area contributed by atoms with Gasteiger partial charge in [0.1, 0.15) is 17.1 Å². The molecular formula is C27H35N2O5+. The molecule has 2 aromatic rings. The summed E-state index contributed by atoms with van der Waals surface area (Å²) in [5.74, 6) is -1.06. The molecule has 2 aliphatic carbocycles. The summed E-state index contributed by atoms with van der Waals surface area (Å²) < 4.78 is 0.848. The van der Waals surface area contributed by atoms with Gasteiger partial charge in [0.2, 0.25) is 12.4 Å². The van der Waals surface area contributed by atoms with Crippen molar-refractivity contribution in [1.82, 2.24) is 5.32 Å². The topological polar surface area (TPSA) is 111 Å².